The monoisotopic (exact) mass is 363 g/mol. The van der Waals surface area contributed by atoms with Gasteiger partial charge in [-0.15, -0.1) is 0 Å². The first kappa shape index (κ1) is 17.6. The van der Waals surface area contributed by atoms with Gasteiger partial charge in [-0.25, -0.2) is 4.98 Å². The Balaban J connectivity index is 1.43. The Morgan fingerprint density at radius 3 is 2.59 bits per heavy atom. The fourth-order valence-electron chi connectivity index (χ4n) is 3.79. The lowest BCUT2D eigenvalue weighted by atomic mass is 10.0. The number of amides is 1. The zero-order valence-corrected chi connectivity index (χ0v) is 15.9. The summed E-state index contributed by atoms with van der Waals surface area (Å²) in [6.07, 6.45) is 6.36. The van der Waals surface area contributed by atoms with Crippen LogP contribution in [-0.4, -0.2) is 39.4 Å². The van der Waals surface area contributed by atoms with Crippen LogP contribution in [0.2, 0.25) is 0 Å². The first-order valence-electron chi connectivity index (χ1n) is 9.63. The number of carbonyl (C=O) groups excluding carboxylic acids is 1. The van der Waals surface area contributed by atoms with E-state index in [9.17, 15) is 4.79 Å². The quantitative estimate of drug-likeness (QED) is 0.701. The molecule has 1 fully saturated rings. The molecule has 1 aliphatic heterocycles. The molecule has 4 rings (SSSR count). The van der Waals surface area contributed by atoms with E-state index in [4.69, 9.17) is 4.74 Å². The van der Waals surface area contributed by atoms with Crippen molar-refractivity contribution in [3.63, 3.8) is 0 Å². The van der Waals surface area contributed by atoms with Crippen LogP contribution in [-0.2, 0) is 4.79 Å². The summed E-state index contributed by atoms with van der Waals surface area (Å²) in [6.45, 7) is 5.61. The van der Waals surface area contributed by atoms with E-state index in [2.05, 4.69) is 34.5 Å². The number of hydrogen-bond donors (Lipinski definition) is 0. The molecule has 1 aliphatic rings. The van der Waals surface area contributed by atoms with Gasteiger partial charge in [0.05, 0.1) is 0 Å². The van der Waals surface area contributed by atoms with Gasteiger partial charge in [0, 0.05) is 56.0 Å². The van der Waals surface area contributed by atoms with E-state index >= 15 is 0 Å². The Bertz CT molecular complexity index is 938. The summed E-state index contributed by atoms with van der Waals surface area (Å²) in [5.74, 6) is 1.13. The van der Waals surface area contributed by atoms with E-state index in [0.717, 1.165) is 37.3 Å². The number of fused-ring (bicyclic) bond motifs is 1. The second-order valence-corrected chi connectivity index (χ2v) is 7.06. The van der Waals surface area contributed by atoms with Crippen molar-refractivity contribution >= 4 is 11.6 Å². The molecule has 0 bridgehead atoms. The van der Waals surface area contributed by atoms with Crippen LogP contribution < -0.4 is 4.74 Å². The van der Waals surface area contributed by atoms with E-state index in [-0.39, 0.29) is 12.0 Å². The standard InChI is InChI=1S/C22H25N3O2/c1-3-22(26)24-13-10-19(11-14-24)27-18-6-4-17(5-7-18)20-8-9-21-23-12-15-25(21)16(20)2/h4-9,12,15,19H,3,10-11,13-14H2,1-2H3. The molecule has 0 saturated carbocycles. The molecule has 1 saturated heterocycles. The Morgan fingerprint density at radius 1 is 1.15 bits per heavy atom. The number of hydrogen-bond acceptors (Lipinski definition) is 3. The third kappa shape index (κ3) is 3.54. The highest BCUT2D eigenvalue weighted by Gasteiger charge is 2.22. The number of likely N-dealkylation sites (tertiary alicyclic amines) is 1. The largest absolute Gasteiger partial charge is 0.490 e. The summed E-state index contributed by atoms with van der Waals surface area (Å²) in [6, 6.07) is 12.4. The van der Waals surface area contributed by atoms with E-state index in [1.54, 1.807) is 0 Å². The van der Waals surface area contributed by atoms with Crippen molar-refractivity contribution in [2.75, 3.05) is 13.1 Å². The van der Waals surface area contributed by atoms with Crippen LogP contribution in [0.15, 0.2) is 48.8 Å². The summed E-state index contributed by atoms with van der Waals surface area (Å²) < 4.78 is 8.25. The molecular weight excluding hydrogens is 338 g/mol. The van der Waals surface area contributed by atoms with Gasteiger partial charge in [-0.05, 0) is 36.8 Å². The van der Waals surface area contributed by atoms with Crippen molar-refractivity contribution in [1.29, 1.82) is 0 Å². The van der Waals surface area contributed by atoms with E-state index in [1.807, 2.05) is 42.4 Å². The minimum atomic E-state index is 0.181. The van der Waals surface area contributed by atoms with Crippen molar-refractivity contribution < 1.29 is 9.53 Å². The molecule has 27 heavy (non-hydrogen) atoms. The molecule has 0 unspecified atom stereocenters. The van der Waals surface area contributed by atoms with E-state index < -0.39 is 0 Å². The summed E-state index contributed by atoms with van der Waals surface area (Å²) in [4.78, 5) is 18.1. The maximum absolute atomic E-state index is 11.8. The highest BCUT2D eigenvalue weighted by atomic mass is 16.5. The summed E-state index contributed by atoms with van der Waals surface area (Å²) >= 11 is 0. The van der Waals surface area contributed by atoms with Crippen molar-refractivity contribution in [3.8, 4) is 16.9 Å². The highest BCUT2D eigenvalue weighted by molar-refractivity contribution is 5.75. The number of carbonyl (C=O) groups is 1. The Kier molecular flexibility index (Phi) is 4.84. The number of ether oxygens (including phenoxy) is 1. The molecule has 0 atom stereocenters. The summed E-state index contributed by atoms with van der Waals surface area (Å²) in [5.41, 5.74) is 4.49. The molecule has 3 heterocycles. The van der Waals surface area contributed by atoms with Crippen molar-refractivity contribution in [2.45, 2.75) is 39.2 Å². The van der Waals surface area contributed by atoms with Crippen LogP contribution >= 0.6 is 0 Å². The SMILES string of the molecule is CCC(=O)N1CCC(Oc2ccc(-c3ccc4nccn4c3C)cc2)CC1. The van der Waals surface area contributed by atoms with Gasteiger partial charge in [0.1, 0.15) is 17.5 Å². The Hall–Kier alpha value is -2.82. The normalized spacial score (nSPS) is 15.3. The smallest absolute Gasteiger partial charge is 0.222 e. The maximum Gasteiger partial charge on any atom is 0.222 e. The third-order valence-electron chi connectivity index (χ3n) is 5.38. The number of nitrogens with zero attached hydrogens (tertiary/aromatic N) is 3. The molecule has 0 spiro atoms. The molecule has 1 amide bonds. The van der Waals surface area contributed by atoms with Crippen molar-refractivity contribution in [1.82, 2.24) is 14.3 Å². The topological polar surface area (TPSA) is 46.8 Å². The molecule has 3 aromatic rings. The molecule has 0 aliphatic carbocycles. The lowest BCUT2D eigenvalue weighted by Crippen LogP contribution is -2.41. The van der Waals surface area contributed by atoms with Gasteiger partial charge < -0.3 is 14.0 Å². The van der Waals surface area contributed by atoms with Crippen LogP contribution in [0.3, 0.4) is 0 Å². The lowest BCUT2D eigenvalue weighted by Gasteiger charge is -2.32. The lowest BCUT2D eigenvalue weighted by molar-refractivity contribution is -0.132. The molecule has 0 N–H and O–H groups in total. The first-order valence-corrected chi connectivity index (χ1v) is 9.63. The minimum Gasteiger partial charge on any atom is -0.490 e. The van der Waals surface area contributed by atoms with E-state index in [0.29, 0.717) is 6.42 Å². The van der Waals surface area contributed by atoms with Gasteiger partial charge in [0.25, 0.3) is 0 Å². The zero-order valence-electron chi connectivity index (χ0n) is 15.9. The fourth-order valence-corrected chi connectivity index (χ4v) is 3.79. The van der Waals surface area contributed by atoms with Gasteiger partial charge in [-0.2, -0.15) is 0 Å². The van der Waals surface area contributed by atoms with E-state index in [1.165, 1.54) is 16.8 Å². The molecule has 140 valence electrons. The van der Waals surface area contributed by atoms with Crippen molar-refractivity contribution in [2.24, 2.45) is 0 Å². The van der Waals surface area contributed by atoms with Crippen LogP contribution in [0.5, 0.6) is 5.75 Å². The Labute approximate surface area is 159 Å². The van der Waals surface area contributed by atoms with Crippen molar-refractivity contribution in [3.05, 3.63) is 54.5 Å². The predicted molar refractivity (Wildman–Crippen MR) is 106 cm³/mol. The number of aryl methyl sites for hydroxylation is 1. The van der Waals surface area contributed by atoms with Gasteiger partial charge in [0.15, 0.2) is 0 Å². The van der Waals surface area contributed by atoms with Crippen LogP contribution in [0.1, 0.15) is 31.9 Å². The molecule has 5 heteroatoms. The van der Waals surface area contributed by atoms with Gasteiger partial charge in [0.2, 0.25) is 5.91 Å². The van der Waals surface area contributed by atoms with Crippen LogP contribution in [0.4, 0.5) is 0 Å². The average Bonchev–Trinajstić information content (AvgIpc) is 3.19. The molecule has 1 aromatic carbocycles. The van der Waals surface area contributed by atoms with Gasteiger partial charge >= 0.3 is 0 Å². The number of imidazole rings is 1. The van der Waals surface area contributed by atoms with Gasteiger partial charge in [-0.3, -0.25) is 4.79 Å². The maximum atomic E-state index is 11.8. The van der Waals surface area contributed by atoms with Crippen LogP contribution in [0, 0.1) is 6.92 Å². The fraction of sp³-hybridized carbons (Fsp3) is 0.364. The number of benzene rings is 1. The second kappa shape index (κ2) is 7.43. The average molecular weight is 363 g/mol. The molecule has 5 nitrogen and oxygen atoms in total. The number of pyridine rings is 1. The number of rotatable bonds is 4. The highest BCUT2D eigenvalue weighted by Crippen LogP contribution is 2.27. The molecular formula is C22H25N3O2. The number of aromatic nitrogens is 2. The minimum absolute atomic E-state index is 0.181. The van der Waals surface area contributed by atoms with Crippen LogP contribution in [0.25, 0.3) is 16.8 Å². The zero-order chi connectivity index (χ0) is 18.8. The first-order chi connectivity index (χ1) is 13.2. The summed E-state index contributed by atoms with van der Waals surface area (Å²) in [7, 11) is 0. The molecule has 0 radical (unpaired) electrons. The Morgan fingerprint density at radius 2 is 1.89 bits per heavy atom. The summed E-state index contributed by atoms with van der Waals surface area (Å²) in [5, 5.41) is 0. The predicted octanol–water partition coefficient (Wildman–Crippen LogP) is 4.09. The number of piperidine rings is 1. The molecule has 2 aromatic heterocycles. The second-order valence-electron chi connectivity index (χ2n) is 7.06. The third-order valence-corrected chi connectivity index (χ3v) is 5.38. The van der Waals surface area contributed by atoms with Gasteiger partial charge in [-0.1, -0.05) is 19.1 Å².